The molecule has 0 aliphatic carbocycles. The van der Waals surface area contributed by atoms with Crippen LogP contribution in [0.15, 0.2) is 116 Å². The van der Waals surface area contributed by atoms with Gasteiger partial charge in [-0.25, -0.2) is 0 Å². The lowest BCUT2D eigenvalue weighted by molar-refractivity contribution is 0.103. The van der Waals surface area contributed by atoms with Gasteiger partial charge in [0, 0.05) is 53.4 Å². The van der Waals surface area contributed by atoms with E-state index in [9.17, 15) is 4.79 Å². The highest BCUT2D eigenvalue weighted by Gasteiger charge is 2.15. The largest absolute Gasteiger partial charge is 0.371 e. The van der Waals surface area contributed by atoms with E-state index in [1.807, 2.05) is 54.6 Å². The Balaban J connectivity index is 0.000000167. The number of aryl methyl sites for hydroxylation is 1. The zero-order valence-corrected chi connectivity index (χ0v) is 20.7. The van der Waals surface area contributed by atoms with E-state index in [1.54, 1.807) is 0 Å². The number of rotatable bonds is 6. The molecule has 2 heterocycles. The third-order valence-electron chi connectivity index (χ3n) is 6.32. The quantitative estimate of drug-likeness (QED) is 0.243. The molecule has 0 N–H and O–H groups in total. The van der Waals surface area contributed by atoms with Crippen LogP contribution in [0.2, 0.25) is 0 Å². The number of carbonyl (C=O) groups is 1. The van der Waals surface area contributed by atoms with Gasteiger partial charge in [-0.05, 0) is 56.2 Å². The average Bonchev–Trinajstić information content (AvgIpc) is 3.27. The summed E-state index contributed by atoms with van der Waals surface area (Å²) in [5.74, 6) is 0.0862. The second kappa shape index (κ2) is 11.3. The summed E-state index contributed by atoms with van der Waals surface area (Å²) >= 11 is 0. The first kappa shape index (κ1) is 24.0. The SMILES string of the molecule is CCN(CC)c1ccccc1C(=O)c1ccccc1.Cc1c(-c2ccccc2)cn2ccccc12. The Morgan fingerprint density at radius 2 is 1.34 bits per heavy atom. The molecular weight excluding hydrogens is 428 g/mol. The lowest BCUT2D eigenvalue weighted by atomic mass is 10.0. The number of ketones is 1. The van der Waals surface area contributed by atoms with Crippen LogP contribution in [0.25, 0.3) is 16.6 Å². The average molecular weight is 461 g/mol. The molecule has 0 aliphatic heterocycles. The van der Waals surface area contributed by atoms with E-state index in [2.05, 4.69) is 91.0 Å². The predicted molar refractivity (Wildman–Crippen MR) is 147 cm³/mol. The molecule has 0 unspecified atom stereocenters. The fourth-order valence-electron chi connectivity index (χ4n) is 4.42. The summed E-state index contributed by atoms with van der Waals surface area (Å²) in [6, 6.07) is 34.1. The van der Waals surface area contributed by atoms with Gasteiger partial charge >= 0.3 is 0 Å². The van der Waals surface area contributed by atoms with E-state index < -0.39 is 0 Å². The van der Waals surface area contributed by atoms with Crippen molar-refractivity contribution in [1.82, 2.24) is 4.40 Å². The highest BCUT2D eigenvalue weighted by molar-refractivity contribution is 6.12. The van der Waals surface area contributed by atoms with Gasteiger partial charge < -0.3 is 9.30 Å². The summed E-state index contributed by atoms with van der Waals surface area (Å²) in [7, 11) is 0. The van der Waals surface area contributed by atoms with Gasteiger partial charge in [-0.15, -0.1) is 0 Å². The number of benzene rings is 3. The van der Waals surface area contributed by atoms with Crippen molar-refractivity contribution in [2.45, 2.75) is 20.8 Å². The second-order valence-corrected chi connectivity index (χ2v) is 8.41. The summed E-state index contributed by atoms with van der Waals surface area (Å²) in [6.07, 6.45) is 4.29. The number of nitrogens with zero attached hydrogens (tertiary/aromatic N) is 2. The van der Waals surface area contributed by atoms with Gasteiger partial charge in [0.1, 0.15) is 0 Å². The smallest absolute Gasteiger partial charge is 0.195 e. The van der Waals surface area contributed by atoms with Crippen molar-refractivity contribution in [3.8, 4) is 11.1 Å². The first-order valence-corrected chi connectivity index (χ1v) is 12.2. The van der Waals surface area contributed by atoms with E-state index >= 15 is 0 Å². The molecule has 0 fully saturated rings. The molecule has 0 radical (unpaired) electrons. The zero-order valence-electron chi connectivity index (χ0n) is 20.7. The van der Waals surface area contributed by atoms with Crippen LogP contribution < -0.4 is 4.90 Å². The van der Waals surface area contributed by atoms with Gasteiger partial charge in [-0.2, -0.15) is 0 Å². The molecular formula is C32H32N2O. The number of para-hydroxylation sites is 1. The lowest BCUT2D eigenvalue weighted by Crippen LogP contribution is -2.24. The van der Waals surface area contributed by atoms with Gasteiger partial charge in [0.25, 0.3) is 0 Å². The summed E-state index contributed by atoms with van der Waals surface area (Å²) in [4.78, 5) is 14.8. The van der Waals surface area contributed by atoms with Crippen LogP contribution in [-0.4, -0.2) is 23.3 Å². The Bertz CT molecular complexity index is 1380. The number of fused-ring (bicyclic) bond motifs is 1. The maximum atomic E-state index is 12.6. The second-order valence-electron chi connectivity index (χ2n) is 8.41. The molecule has 5 rings (SSSR count). The van der Waals surface area contributed by atoms with Gasteiger partial charge in [-0.3, -0.25) is 4.79 Å². The van der Waals surface area contributed by atoms with Crippen LogP contribution >= 0.6 is 0 Å². The van der Waals surface area contributed by atoms with Gasteiger partial charge in [0.15, 0.2) is 5.78 Å². The molecule has 0 saturated carbocycles. The topological polar surface area (TPSA) is 24.7 Å². The van der Waals surface area contributed by atoms with Crippen LogP contribution in [0, 0.1) is 6.92 Å². The van der Waals surface area contributed by atoms with Crippen molar-refractivity contribution in [1.29, 1.82) is 0 Å². The molecule has 176 valence electrons. The molecule has 0 bridgehead atoms. The Kier molecular flexibility index (Phi) is 7.79. The van der Waals surface area contributed by atoms with Crippen LogP contribution in [0.1, 0.15) is 35.3 Å². The van der Waals surface area contributed by atoms with Crippen LogP contribution in [0.4, 0.5) is 5.69 Å². The number of hydrogen-bond donors (Lipinski definition) is 0. The molecule has 3 nitrogen and oxygen atoms in total. The maximum Gasteiger partial charge on any atom is 0.195 e. The Hall–Kier alpha value is -4.11. The van der Waals surface area contributed by atoms with E-state index in [-0.39, 0.29) is 5.78 Å². The third kappa shape index (κ3) is 5.36. The first-order valence-electron chi connectivity index (χ1n) is 12.2. The monoisotopic (exact) mass is 460 g/mol. The van der Waals surface area contributed by atoms with E-state index in [0.717, 1.165) is 29.9 Å². The minimum absolute atomic E-state index is 0.0862. The highest BCUT2D eigenvalue weighted by Crippen LogP contribution is 2.27. The third-order valence-corrected chi connectivity index (χ3v) is 6.32. The fraction of sp³-hybridized carbons (Fsp3) is 0.156. The van der Waals surface area contributed by atoms with Crippen LogP contribution in [0.3, 0.4) is 0 Å². The molecule has 0 saturated heterocycles. The van der Waals surface area contributed by atoms with E-state index in [0.29, 0.717) is 0 Å². The van der Waals surface area contributed by atoms with Gasteiger partial charge in [0.2, 0.25) is 0 Å². The molecule has 0 atom stereocenters. The summed E-state index contributed by atoms with van der Waals surface area (Å²) in [6.45, 7) is 8.18. The lowest BCUT2D eigenvalue weighted by Gasteiger charge is -2.23. The molecule has 2 aromatic heterocycles. The van der Waals surface area contributed by atoms with Crippen molar-refractivity contribution in [2.24, 2.45) is 0 Å². The fourth-order valence-corrected chi connectivity index (χ4v) is 4.42. The maximum absolute atomic E-state index is 12.6. The molecule has 3 aromatic carbocycles. The predicted octanol–water partition coefficient (Wildman–Crippen LogP) is 7.68. The number of aromatic nitrogens is 1. The number of carbonyl (C=O) groups excluding carboxylic acids is 1. The number of pyridine rings is 1. The van der Waals surface area contributed by atoms with Crippen LogP contribution in [-0.2, 0) is 0 Å². The van der Waals surface area contributed by atoms with Crippen molar-refractivity contribution >= 4 is 17.0 Å². The number of hydrogen-bond acceptors (Lipinski definition) is 2. The van der Waals surface area contributed by atoms with Crippen molar-refractivity contribution in [3.63, 3.8) is 0 Å². The Morgan fingerprint density at radius 1 is 0.743 bits per heavy atom. The van der Waals surface area contributed by atoms with Crippen molar-refractivity contribution < 1.29 is 4.79 Å². The summed E-state index contributed by atoms with van der Waals surface area (Å²) in [5.41, 5.74) is 7.74. The minimum atomic E-state index is 0.0862. The summed E-state index contributed by atoms with van der Waals surface area (Å²) < 4.78 is 2.18. The van der Waals surface area contributed by atoms with Gasteiger partial charge in [0.05, 0.1) is 0 Å². The normalized spacial score (nSPS) is 10.5. The standard InChI is InChI=1S/C17H19NO.C15H13N/c1-3-18(4-2)16-13-9-8-12-15(16)17(19)14-10-6-5-7-11-14;1-12-14(13-7-3-2-4-8-13)11-16-10-6-5-9-15(12)16/h5-13H,3-4H2,1-2H3;2-11H,1H3. The first-order chi connectivity index (χ1) is 17.1. The number of anilines is 1. The van der Waals surface area contributed by atoms with E-state index in [4.69, 9.17) is 0 Å². The molecule has 0 spiro atoms. The Morgan fingerprint density at radius 3 is 2.00 bits per heavy atom. The molecule has 5 aromatic rings. The summed E-state index contributed by atoms with van der Waals surface area (Å²) in [5, 5.41) is 0. The van der Waals surface area contributed by atoms with E-state index in [1.165, 1.54) is 22.2 Å². The molecule has 0 aliphatic rings. The van der Waals surface area contributed by atoms with Crippen molar-refractivity contribution in [3.05, 3.63) is 132 Å². The molecule has 3 heteroatoms. The Labute approximate surface area is 208 Å². The van der Waals surface area contributed by atoms with Gasteiger partial charge in [-0.1, -0.05) is 78.9 Å². The highest BCUT2D eigenvalue weighted by atomic mass is 16.1. The molecule has 35 heavy (non-hydrogen) atoms. The molecule has 0 amide bonds. The minimum Gasteiger partial charge on any atom is -0.371 e. The van der Waals surface area contributed by atoms with Crippen LogP contribution in [0.5, 0.6) is 0 Å². The zero-order chi connectivity index (χ0) is 24.6. The van der Waals surface area contributed by atoms with Crippen molar-refractivity contribution in [2.75, 3.05) is 18.0 Å².